The Morgan fingerprint density at radius 3 is 2.37 bits per heavy atom. The van der Waals surface area contributed by atoms with Gasteiger partial charge in [-0.3, -0.25) is 0 Å². The van der Waals surface area contributed by atoms with Crippen LogP contribution in [-0.4, -0.2) is 36.5 Å². The maximum absolute atomic E-state index is 12.1. The van der Waals surface area contributed by atoms with E-state index < -0.39 is 18.2 Å². The van der Waals surface area contributed by atoms with Gasteiger partial charge in [0, 0.05) is 7.11 Å². The summed E-state index contributed by atoms with van der Waals surface area (Å²) in [5.41, 5.74) is 0. The van der Waals surface area contributed by atoms with Gasteiger partial charge < -0.3 is 14.6 Å². The molecule has 0 radical (unpaired) electrons. The van der Waals surface area contributed by atoms with Crippen LogP contribution < -0.4 is 0 Å². The maximum Gasteiger partial charge on any atom is 0.338 e. The van der Waals surface area contributed by atoms with Crippen molar-refractivity contribution >= 4 is 5.97 Å². The number of aliphatic hydroxyl groups excluding tert-OH is 1. The third-order valence-corrected chi connectivity index (χ3v) is 4.15. The predicted octanol–water partition coefficient (Wildman–Crippen LogP) is 2.39. The molecule has 1 aliphatic rings. The molecule has 0 heterocycles. The summed E-state index contributed by atoms with van der Waals surface area (Å²) < 4.78 is 10.6. The van der Waals surface area contributed by atoms with E-state index in [0.717, 1.165) is 12.8 Å². The lowest BCUT2D eigenvalue weighted by atomic mass is 9.75. The number of aliphatic hydroxyl groups is 1. The van der Waals surface area contributed by atoms with Crippen LogP contribution in [0.1, 0.15) is 47.0 Å². The molecular formula is C15H28O4. The molecule has 5 unspecified atom stereocenters. The van der Waals surface area contributed by atoms with E-state index in [1.807, 2.05) is 0 Å². The lowest BCUT2D eigenvalue weighted by molar-refractivity contribution is -0.173. The van der Waals surface area contributed by atoms with E-state index in [1.54, 1.807) is 6.92 Å². The first-order valence-electron chi connectivity index (χ1n) is 7.28. The minimum absolute atomic E-state index is 0.0485. The summed E-state index contributed by atoms with van der Waals surface area (Å²) in [5, 5.41) is 9.51. The van der Waals surface area contributed by atoms with Gasteiger partial charge in [0.2, 0.25) is 0 Å². The lowest BCUT2D eigenvalue weighted by Gasteiger charge is -2.37. The van der Waals surface area contributed by atoms with Gasteiger partial charge in [0.15, 0.2) is 6.10 Å². The summed E-state index contributed by atoms with van der Waals surface area (Å²) >= 11 is 0. The van der Waals surface area contributed by atoms with Crippen LogP contribution in [0.3, 0.4) is 0 Å². The summed E-state index contributed by atoms with van der Waals surface area (Å²) in [7, 11) is 1.42. The number of hydrogen-bond acceptors (Lipinski definition) is 4. The molecule has 1 N–H and O–H groups in total. The van der Waals surface area contributed by atoms with Crippen LogP contribution in [0.5, 0.6) is 0 Å². The van der Waals surface area contributed by atoms with Crippen LogP contribution in [0.2, 0.25) is 0 Å². The van der Waals surface area contributed by atoms with E-state index in [1.165, 1.54) is 13.5 Å². The fourth-order valence-corrected chi connectivity index (χ4v) is 2.96. The lowest BCUT2D eigenvalue weighted by Crippen LogP contribution is -2.42. The molecule has 1 rings (SSSR count). The molecule has 0 spiro atoms. The van der Waals surface area contributed by atoms with E-state index in [9.17, 15) is 9.90 Å². The van der Waals surface area contributed by atoms with Crippen molar-refractivity contribution in [1.82, 2.24) is 0 Å². The van der Waals surface area contributed by atoms with Gasteiger partial charge in [-0.2, -0.15) is 0 Å². The average molecular weight is 272 g/mol. The Kier molecular flexibility index (Phi) is 6.27. The molecule has 0 bridgehead atoms. The van der Waals surface area contributed by atoms with Crippen molar-refractivity contribution in [3.63, 3.8) is 0 Å². The minimum Gasteiger partial charge on any atom is -0.460 e. The molecule has 0 amide bonds. The number of hydrogen-bond donors (Lipinski definition) is 1. The highest BCUT2D eigenvalue weighted by atomic mass is 16.6. The monoisotopic (exact) mass is 272 g/mol. The molecule has 19 heavy (non-hydrogen) atoms. The van der Waals surface area contributed by atoms with Crippen molar-refractivity contribution in [1.29, 1.82) is 0 Å². The molecule has 0 aromatic heterocycles. The van der Waals surface area contributed by atoms with Gasteiger partial charge in [-0.15, -0.1) is 0 Å². The van der Waals surface area contributed by atoms with E-state index in [0.29, 0.717) is 17.8 Å². The van der Waals surface area contributed by atoms with Crippen molar-refractivity contribution in [2.24, 2.45) is 17.8 Å². The van der Waals surface area contributed by atoms with Gasteiger partial charge in [-0.05, 0) is 37.5 Å². The predicted molar refractivity (Wildman–Crippen MR) is 73.7 cm³/mol. The second-order valence-electron chi connectivity index (χ2n) is 6.20. The molecule has 0 aliphatic heterocycles. The second kappa shape index (κ2) is 7.25. The van der Waals surface area contributed by atoms with Gasteiger partial charge in [0.05, 0.1) is 6.10 Å². The zero-order chi connectivity index (χ0) is 14.6. The zero-order valence-electron chi connectivity index (χ0n) is 12.8. The van der Waals surface area contributed by atoms with Gasteiger partial charge >= 0.3 is 5.97 Å². The minimum atomic E-state index is -0.884. The van der Waals surface area contributed by atoms with Gasteiger partial charge in [0.25, 0.3) is 0 Å². The number of methoxy groups -OCH3 is 1. The average Bonchev–Trinajstić information content (AvgIpc) is 2.28. The Balaban J connectivity index is 2.67. The van der Waals surface area contributed by atoms with Crippen LogP contribution in [0, 0.1) is 17.8 Å². The highest BCUT2D eigenvalue weighted by Gasteiger charge is 2.35. The summed E-state index contributed by atoms with van der Waals surface area (Å²) in [5.74, 6) is 1.05. The Morgan fingerprint density at radius 2 is 1.89 bits per heavy atom. The van der Waals surface area contributed by atoms with Gasteiger partial charge in [-0.1, -0.05) is 27.2 Å². The third kappa shape index (κ3) is 4.46. The molecule has 4 heteroatoms. The SMILES string of the molecule is COC(C(=O)OC1CC(C)CCC1C(C)C)C(C)O. The van der Waals surface area contributed by atoms with E-state index in [4.69, 9.17) is 9.47 Å². The van der Waals surface area contributed by atoms with Gasteiger partial charge in [0.1, 0.15) is 6.10 Å². The van der Waals surface area contributed by atoms with E-state index >= 15 is 0 Å². The highest BCUT2D eigenvalue weighted by molar-refractivity contribution is 5.75. The Bertz CT molecular complexity index is 288. The number of carbonyl (C=O) groups is 1. The summed E-state index contributed by atoms with van der Waals surface area (Å²) in [6, 6.07) is 0. The van der Waals surface area contributed by atoms with Crippen LogP contribution in [0.4, 0.5) is 0 Å². The summed E-state index contributed by atoms with van der Waals surface area (Å²) in [4.78, 5) is 12.1. The summed E-state index contributed by atoms with van der Waals surface area (Å²) in [6.45, 7) is 8.08. The fraction of sp³-hybridized carbons (Fsp3) is 0.933. The molecule has 1 fully saturated rings. The van der Waals surface area contributed by atoms with Crippen LogP contribution in [-0.2, 0) is 14.3 Å². The first-order chi connectivity index (χ1) is 8.86. The number of ether oxygens (including phenoxy) is 2. The second-order valence-corrected chi connectivity index (χ2v) is 6.20. The third-order valence-electron chi connectivity index (χ3n) is 4.15. The van der Waals surface area contributed by atoms with Crippen molar-refractivity contribution in [3.8, 4) is 0 Å². The molecule has 4 nitrogen and oxygen atoms in total. The molecule has 0 aromatic rings. The zero-order valence-corrected chi connectivity index (χ0v) is 12.8. The van der Waals surface area contributed by atoms with Crippen LogP contribution in [0.25, 0.3) is 0 Å². The quantitative estimate of drug-likeness (QED) is 0.781. The van der Waals surface area contributed by atoms with E-state index in [-0.39, 0.29) is 6.10 Å². The number of rotatable bonds is 5. The smallest absolute Gasteiger partial charge is 0.338 e. The standard InChI is InChI=1S/C15H28O4/c1-9(2)12-7-6-10(3)8-13(12)19-15(17)14(18-5)11(4)16/h9-14,16H,6-8H2,1-5H3. The largest absolute Gasteiger partial charge is 0.460 e. The van der Waals surface area contributed by atoms with Crippen LogP contribution in [0.15, 0.2) is 0 Å². The molecule has 5 atom stereocenters. The van der Waals surface area contributed by atoms with Gasteiger partial charge in [-0.25, -0.2) is 4.79 Å². The first-order valence-corrected chi connectivity index (χ1v) is 7.28. The fourth-order valence-electron chi connectivity index (χ4n) is 2.96. The highest BCUT2D eigenvalue weighted by Crippen LogP contribution is 2.35. The maximum atomic E-state index is 12.1. The van der Waals surface area contributed by atoms with Crippen molar-refractivity contribution in [3.05, 3.63) is 0 Å². The molecule has 0 aromatic carbocycles. The van der Waals surface area contributed by atoms with Crippen molar-refractivity contribution in [2.75, 3.05) is 7.11 Å². The number of esters is 1. The summed E-state index contributed by atoms with van der Waals surface area (Å²) in [6.07, 6.45) is 1.42. The Labute approximate surface area is 116 Å². The van der Waals surface area contributed by atoms with Crippen molar-refractivity contribution < 1.29 is 19.4 Å². The Hall–Kier alpha value is -0.610. The van der Waals surface area contributed by atoms with E-state index in [2.05, 4.69) is 20.8 Å². The molecule has 112 valence electrons. The van der Waals surface area contributed by atoms with Crippen molar-refractivity contribution in [2.45, 2.75) is 65.3 Å². The molecule has 1 aliphatic carbocycles. The van der Waals surface area contributed by atoms with Crippen LogP contribution >= 0.6 is 0 Å². The normalized spacial score (nSPS) is 31.0. The molecule has 1 saturated carbocycles. The molecular weight excluding hydrogens is 244 g/mol. The topological polar surface area (TPSA) is 55.8 Å². The first kappa shape index (κ1) is 16.4. The Morgan fingerprint density at radius 1 is 1.26 bits per heavy atom. The molecule has 0 saturated heterocycles. The number of carbonyl (C=O) groups excluding carboxylic acids is 1.